The van der Waals surface area contributed by atoms with Gasteiger partial charge in [-0.1, -0.05) is 13.8 Å². The maximum absolute atomic E-state index is 11.6. The van der Waals surface area contributed by atoms with Crippen LogP contribution in [0.4, 0.5) is 0 Å². The molecule has 0 saturated heterocycles. The van der Waals surface area contributed by atoms with E-state index in [0.717, 1.165) is 0 Å². The number of hydrogen-bond acceptors (Lipinski definition) is 3. The lowest BCUT2D eigenvalue weighted by Gasteiger charge is -2.21. The highest BCUT2D eigenvalue weighted by atomic mass is 16.3. The van der Waals surface area contributed by atoms with Crippen molar-refractivity contribution in [2.24, 2.45) is 5.41 Å². The molecule has 0 unspecified atom stereocenters. The molecule has 0 spiro atoms. The molecule has 0 aliphatic rings. The van der Waals surface area contributed by atoms with Crippen molar-refractivity contribution in [3.63, 3.8) is 0 Å². The summed E-state index contributed by atoms with van der Waals surface area (Å²) in [4.78, 5) is 24.8. The van der Waals surface area contributed by atoms with Gasteiger partial charge in [0.1, 0.15) is 0 Å². The van der Waals surface area contributed by atoms with E-state index in [4.69, 9.17) is 5.11 Å². The molecule has 0 atom stereocenters. The highest BCUT2D eigenvalue weighted by Gasteiger charge is 2.17. The number of carbonyl (C=O) groups excluding carboxylic acids is 1. The zero-order valence-electron chi connectivity index (χ0n) is 9.41. The van der Waals surface area contributed by atoms with Gasteiger partial charge in [-0.3, -0.25) is 9.59 Å². The van der Waals surface area contributed by atoms with Gasteiger partial charge in [0.2, 0.25) is 5.56 Å². The molecule has 1 heterocycles. The van der Waals surface area contributed by atoms with Gasteiger partial charge < -0.3 is 15.4 Å². The monoisotopic (exact) mass is 224 g/mol. The second-order valence-electron chi connectivity index (χ2n) is 4.45. The number of rotatable bonds is 4. The van der Waals surface area contributed by atoms with E-state index >= 15 is 0 Å². The summed E-state index contributed by atoms with van der Waals surface area (Å²) >= 11 is 0. The molecular formula is C11H16N2O3. The van der Waals surface area contributed by atoms with Crippen LogP contribution in [-0.2, 0) is 0 Å². The Labute approximate surface area is 93.5 Å². The molecule has 1 rings (SSSR count). The van der Waals surface area contributed by atoms with Crippen LogP contribution in [0.5, 0.6) is 0 Å². The Bertz CT molecular complexity index is 403. The maximum Gasteiger partial charge on any atom is 0.252 e. The van der Waals surface area contributed by atoms with Gasteiger partial charge in [-0.15, -0.1) is 0 Å². The zero-order valence-corrected chi connectivity index (χ0v) is 9.41. The van der Waals surface area contributed by atoms with Gasteiger partial charge in [0.25, 0.3) is 5.91 Å². The predicted octanol–water partition coefficient (Wildman–Crippen LogP) is 0.123. The number of aliphatic hydroxyl groups excluding tert-OH is 1. The van der Waals surface area contributed by atoms with Crippen LogP contribution in [0, 0.1) is 5.41 Å². The normalized spacial score (nSPS) is 11.2. The number of hydrogen-bond donors (Lipinski definition) is 3. The summed E-state index contributed by atoms with van der Waals surface area (Å²) in [7, 11) is 0. The average molecular weight is 224 g/mol. The molecule has 0 aliphatic heterocycles. The van der Waals surface area contributed by atoms with Crippen LogP contribution in [0.15, 0.2) is 23.1 Å². The number of pyridine rings is 1. The van der Waals surface area contributed by atoms with E-state index < -0.39 is 0 Å². The SMILES string of the molecule is CC(C)(CO)CNC(=O)c1ccc(=O)[nH]c1. The van der Waals surface area contributed by atoms with Crippen LogP contribution in [0.3, 0.4) is 0 Å². The van der Waals surface area contributed by atoms with E-state index in [0.29, 0.717) is 12.1 Å². The molecule has 0 bridgehead atoms. The van der Waals surface area contributed by atoms with Crippen molar-refractivity contribution < 1.29 is 9.90 Å². The van der Waals surface area contributed by atoms with Crippen LogP contribution >= 0.6 is 0 Å². The van der Waals surface area contributed by atoms with Crippen LogP contribution in [0.1, 0.15) is 24.2 Å². The minimum absolute atomic E-state index is 0.00109. The molecule has 3 N–H and O–H groups in total. The van der Waals surface area contributed by atoms with Crippen molar-refractivity contribution in [1.29, 1.82) is 0 Å². The van der Waals surface area contributed by atoms with E-state index in [9.17, 15) is 9.59 Å². The fourth-order valence-corrected chi connectivity index (χ4v) is 1.03. The summed E-state index contributed by atoms with van der Waals surface area (Å²) in [6.45, 7) is 4.07. The maximum atomic E-state index is 11.6. The number of carbonyl (C=O) groups is 1. The lowest BCUT2D eigenvalue weighted by molar-refractivity contribution is 0.0910. The number of aromatic nitrogens is 1. The first-order valence-electron chi connectivity index (χ1n) is 5.02. The van der Waals surface area contributed by atoms with Crippen LogP contribution in [0.25, 0.3) is 0 Å². The van der Waals surface area contributed by atoms with Crippen molar-refractivity contribution in [2.75, 3.05) is 13.2 Å². The standard InChI is InChI=1S/C11H16N2O3/c1-11(2,7-14)6-13-10(16)8-3-4-9(15)12-5-8/h3-5,14H,6-7H2,1-2H3,(H,12,15)(H,13,16). The van der Waals surface area contributed by atoms with Crippen LogP contribution < -0.4 is 10.9 Å². The molecule has 0 aromatic carbocycles. The van der Waals surface area contributed by atoms with E-state index in [1.54, 1.807) is 0 Å². The first-order valence-corrected chi connectivity index (χ1v) is 5.02. The van der Waals surface area contributed by atoms with Crippen LogP contribution in [-0.4, -0.2) is 29.1 Å². The summed E-state index contributed by atoms with van der Waals surface area (Å²) in [6.07, 6.45) is 1.36. The average Bonchev–Trinajstić information content (AvgIpc) is 2.27. The number of aromatic amines is 1. The van der Waals surface area contributed by atoms with E-state index in [1.807, 2.05) is 13.8 Å². The fraction of sp³-hybridized carbons (Fsp3) is 0.455. The van der Waals surface area contributed by atoms with Crippen LogP contribution in [0.2, 0.25) is 0 Å². The zero-order chi connectivity index (χ0) is 12.2. The third-order valence-corrected chi connectivity index (χ3v) is 2.20. The Morgan fingerprint density at radius 2 is 2.19 bits per heavy atom. The lowest BCUT2D eigenvalue weighted by Crippen LogP contribution is -2.36. The van der Waals surface area contributed by atoms with E-state index in [-0.39, 0.29) is 23.5 Å². The van der Waals surface area contributed by atoms with Gasteiger partial charge in [0, 0.05) is 30.8 Å². The first-order chi connectivity index (χ1) is 7.44. The van der Waals surface area contributed by atoms with Gasteiger partial charge >= 0.3 is 0 Å². The Kier molecular flexibility index (Phi) is 3.84. The smallest absolute Gasteiger partial charge is 0.252 e. The van der Waals surface area contributed by atoms with Crippen molar-refractivity contribution in [2.45, 2.75) is 13.8 Å². The molecule has 1 aromatic heterocycles. The number of aliphatic hydroxyl groups is 1. The molecule has 5 heteroatoms. The summed E-state index contributed by atoms with van der Waals surface area (Å²) in [5.74, 6) is -0.266. The molecule has 0 aliphatic carbocycles. The highest BCUT2D eigenvalue weighted by Crippen LogP contribution is 2.11. The van der Waals surface area contributed by atoms with Gasteiger partial charge in [-0.25, -0.2) is 0 Å². The molecular weight excluding hydrogens is 208 g/mol. The second kappa shape index (κ2) is 4.94. The minimum Gasteiger partial charge on any atom is -0.396 e. The molecule has 1 aromatic rings. The number of H-pyrrole nitrogens is 1. The molecule has 1 amide bonds. The van der Waals surface area contributed by atoms with E-state index in [2.05, 4.69) is 10.3 Å². The Morgan fingerprint density at radius 3 is 2.69 bits per heavy atom. The second-order valence-corrected chi connectivity index (χ2v) is 4.45. The van der Waals surface area contributed by atoms with Crippen molar-refractivity contribution in [3.8, 4) is 0 Å². The molecule has 16 heavy (non-hydrogen) atoms. The van der Waals surface area contributed by atoms with E-state index in [1.165, 1.54) is 18.3 Å². The summed E-state index contributed by atoms with van der Waals surface area (Å²) < 4.78 is 0. The third kappa shape index (κ3) is 3.51. The molecule has 88 valence electrons. The largest absolute Gasteiger partial charge is 0.396 e. The predicted molar refractivity (Wildman–Crippen MR) is 60.3 cm³/mol. The van der Waals surface area contributed by atoms with Crippen molar-refractivity contribution in [1.82, 2.24) is 10.3 Å². The van der Waals surface area contributed by atoms with Gasteiger partial charge in [0.05, 0.1) is 5.56 Å². The Balaban J connectivity index is 2.60. The summed E-state index contributed by atoms with van der Waals surface area (Å²) in [5.41, 5.74) is -0.196. The number of amides is 1. The van der Waals surface area contributed by atoms with Gasteiger partial charge in [0.15, 0.2) is 0 Å². The topological polar surface area (TPSA) is 82.2 Å². The summed E-state index contributed by atoms with van der Waals surface area (Å²) in [5, 5.41) is 11.7. The molecule has 0 saturated carbocycles. The highest BCUT2D eigenvalue weighted by molar-refractivity contribution is 5.93. The Hall–Kier alpha value is -1.62. The third-order valence-electron chi connectivity index (χ3n) is 2.20. The number of nitrogens with one attached hydrogen (secondary N) is 2. The summed E-state index contributed by atoms with van der Waals surface area (Å²) in [6, 6.07) is 2.76. The molecule has 0 radical (unpaired) electrons. The first kappa shape index (κ1) is 12.4. The fourth-order valence-electron chi connectivity index (χ4n) is 1.03. The molecule has 0 fully saturated rings. The lowest BCUT2D eigenvalue weighted by atomic mass is 9.95. The molecule has 5 nitrogen and oxygen atoms in total. The van der Waals surface area contributed by atoms with Crippen molar-refractivity contribution >= 4 is 5.91 Å². The van der Waals surface area contributed by atoms with Gasteiger partial charge in [-0.05, 0) is 6.07 Å². The minimum atomic E-state index is -0.349. The quantitative estimate of drug-likeness (QED) is 0.679. The van der Waals surface area contributed by atoms with Gasteiger partial charge in [-0.2, -0.15) is 0 Å². The van der Waals surface area contributed by atoms with Crippen molar-refractivity contribution in [3.05, 3.63) is 34.2 Å². The Morgan fingerprint density at radius 1 is 1.50 bits per heavy atom.